The largest absolute Gasteiger partial charge is 0.365 e. The zero-order valence-electron chi connectivity index (χ0n) is 23.5. The van der Waals surface area contributed by atoms with Crippen LogP contribution >= 0.6 is 0 Å². The number of ether oxygens (including phenoxy) is 2. The summed E-state index contributed by atoms with van der Waals surface area (Å²) in [5, 5.41) is 5.28. The van der Waals surface area contributed by atoms with Crippen molar-refractivity contribution < 1.29 is 14.3 Å². The van der Waals surface area contributed by atoms with E-state index in [9.17, 15) is 4.79 Å². The fourth-order valence-corrected chi connectivity index (χ4v) is 7.18. The summed E-state index contributed by atoms with van der Waals surface area (Å²) in [4.78, 5) is 17.8. The molecule has 0 radical (unpaired) electrons. The quantitative estimate of drug-likeness (QED) is 0.480. The van der Waals surface area contributed by atoms with Crippen LogP contribution in [0.1, 0.15) is 35.7 Å². The van der Waals surface area contributed by atoms with Gasteiger partial charge in [-0.15, -0.1) is 0 Å². The first-order valence-corrected chi connectivity index (χ1v) is 14.7. The topological polar surface area (TPSA) is 85.9 Å². The monoisotopic (exact) mass is 551 g/mol. The van der Waals surface area contributed by atoms with Crippen LogP contribution in [0.2, 0.25) is 0 Å². The van der Waals surface area contributed by atoms with E-state index < -0.39 is 17.7 Å². The minimum atomic E-state index is -1.58. The van der Waals surface area contributed by atoms with Crippen LogP contribution in [0.3, 0.4) is 0 Å². The highest BCUT2D eigenvalue weighted by atomic mass is 16.7. The number of fused-ring (bicyclic) bond motifs is 3. The Morgan fingerprint density at radius 1 is 1.07 bits per heavy atom. The number of amides is 1. The zero-order valence-corrected chi connectivity index (χ0v) is 23.5. The molecule has 3 aliphatic heterocycles. The van der Waals surface area contributed by atoms with E-state index in [1.807, 2.05) is 18.2 Å². The van der Waals surface area contributed by atoms with Crippen molar-refractivity contribution in [3.8, 4) is 11.3 Å². The number of nitrogens with zero attached hydrogens (tertiary/aromatic N) is 4. The molecule has 4 aliphatic rings. The fourth-order valence-electron chi connectivity index (χ4n) is 7.18. The molecule has 0 spiro atoms. The van der Waals surface area contributed by atoms with Crippen LogP contribution in [0.4, 0.5) is 0 Å². The second kappa shape index (κ2) is 10.6. The molecule has 212 valence electrons. The van der Waals surface area contributed by atoms with Gasteiger partial charge in [0.1, 0.15) is 6.17 Å². The van der Waals surface area contributed by atoms with Crippen molar-refractivity contribution >= 4 is 5.91 Å². The molecule has 0 saturated carbocycles. The summed E-state index contributed by atoms with van der Waals surface area (Å²) in [6.45, 7) is 1.68. The van der Waals surface area contributed by atoms with E-state index >= 15 is 0 Å². The number of aromatic nitrogens is 2. The molecule has 2 saturated heterocycles. The number of likely N-dealkylation sites (N-methyl/N-ethyl adjacent to an activating group) is 1. The summed E-state index contributed by atoms with van der Waals surface area (Å²) >= 11 is 0. The molecule has 3 atom stereocenters. The highest BCUT2D eigenvalue weighted by Gasteiger charge is 2.54. The van der Waals surface area contributed by atoms with E-state index in [4.69, 9.17) is 20.3 Å². The van der Waals surface area contributed by atoms with Crippen molar-refractivity contribution in [3.63, 3.8) is 0 Å². The number of likely N-dealkylation sites (tertiary alicyclic amines) is 1. The third-order valence-corrected chi connectivity index (χ3v) is 9.16. The van der Waals surface area contributed by atoms with Gasteiger partial charge in [-0.1, -0.05) is 60.7 Å². The van der Waals surface area contributed by atoms with Crippen LogP contribution in [-0.4, -0.2) is 70.2 Å². The van der Waals surface area contributed by atoms with Crippen molar-refractivity contribution in [1.82, 2.24) is 19.6 Å². The number of rotatable bonds is 7. The van der Waals surface area contributed by atoms with Crippen molar-refractivity contribution in [2.24, 2.45) is 5.73 Å². The van der Waals surface area contributed by atoms with Gasteiger partial charge in [0.15, 0.2) is 0 Å². The summed E-state index contributed by atoms with van der Waals surface area (Å²) in [7, 11) is 2.19. The van der Waals surface area contributed by atoms with Crippen LogP contribution < -0.4 is 5.73 Å². The van der Waals surface area contributed by atoms with E-state index in [1.165, 1.54) is 22.3 Å². The third-order valence-electron chi connectivity index (χ3n) is 9.16. The van der Waals surface area contributed by atoms with Gasteiger partial charge in [-0.05, 0) is 74.0 Å². The Morgan fingerprint density at radius 2 is 1.83 bits per heavy atom. The van der Waals surface area contributed by atoms with E-state index in [1.54, 1.807) is 0 Å². The van der Waals surface area contributed by atoms with Gasteiger partial charge in [-0.2, -0.15) is 5.10 Å². The van der Waals surface area contributed by atoms with Gasteiger partial charge in [0, 0.05) is 24.0 Å². The lowest BCUT2D eigenvalue weighted by atomic mass is 9.90. The maximum Gasteiger partial charge on any atom is 0.280 e. The first-order valence-electron chi connectivity index (χ1n) is 14.7. The molecule has 1 aromatic heterocycles. The molecular weight excluding hydrogens is 514 g/mol. The normalized spacial score (nSPS) is 24.1. The summed E-state index contributed by atoms with van der Waals surface area (Å²) in [6.07, 6.45) is 13.0. The maximum atomic E-state index is 13.2. The van der Waals surface area contributed by atoms with E-state index in [0.717, 1.165) is 43.5 Å². The molecule has 0 bridgehead atoms. The number of hydrogen-bond acceptors (Lipinski definition) is 6. The zero-order chi connectivity index (χ0) is 28.0. The van der Waals surface area contributed by atoms with Gasteiger partial charge in [-0.3, -0.25) is 9.69 Å². The Bertz CT molecular complexity index is 1490. The smallest absolute Gasteiger partial charge is 0.280 e. The van der Waals surface area contributed by atoms with Crippen LogP contribution in [-0.2, 0) is 33.5 Å². The molecule has 2 unspecified atom stereocenters. The molecule has 1 aliphatic carbocycles. The van der Waals surface area contributed by atoms with Crippen LogP contribution in [0.5, 0.6) is 0 Å². The number of allylic oxidation sites excluding steroid dienone is 2. The van der Waals surface area contributed by atoms with Gasteiger partial charge in [0.2, 0.25) is 0 Å². The summed E-state index contributed by atoms with van der Waals surface area (Å²) < 4.78 is 14.4. The molecule has 2 N–H and O–H groups in total. The summed E-state index contributed by atoms with van der Waals surface area (Å²) in [5.74, 6) is -2.19. The van der Waals surface area contributed by atoms with Gasteiger partial charge in [-0.25, -0.2) is 4.68 Å². The molecule has 3 aromatic rings. The molecule has 2 fully saturated rings. The van der Waals surface area contributed by atoms with E-state index in [2.05, 4.69) is 82.5 Å². The van der Waals surface area contributed by atoms with Gasteiger partial charge >= 0.3 is 0 Å². The number of benzene rings is 2. The minimum Gasteiger partial charge on any atom is -0.365 e. The number of nitrogens with two attached hydrogens (primary N) is 1. The molecule has 8 heteroatoms. The van der Waals surface area contributed by atoms with Crippen molar-refractivity contribution in [2.75, 3.05) is 26.8 Å². The summed E-state index contributed by atoms with van der Waals surface area (Å²) in [5.41, 5.74) is 13.2. The van der Waals surface area contributed by atoms with Gasteiger partial charge in [0.25, 0.3) is 11.7 Å². The number of hydrogen-bond donors (Lipinski definition) is 1. The number of carbonyl (C=O) groups is 1. The molecule has 2 aromatic carbocycles. The second-order valence-corrected chi connectivity index (χ2v) is 11.5. The van der Waals surface area contributed by atoms with Gasteiger partial charge in [0.05, 0.1) is 24.9 Å². The van der Waals surface area contributed by atoms with Crippen LogP contribution in [0.25, 0.3) is 11.3 Å². The van der Waals surface area contributed by atoms with Crippen LogP contribution in [0, 0.1) is 0 Å². The Balaban J connectivity index is 1.37. The molecule has 4 heterocycles. The molecular formula is C33H37N5O3. The first kappa shape index (κ1) is 26.2. The number of aryl methyl sites for hydroxylation is 2. The lowest BCUT2D eigenvalue weighted by Crippen LogP contribution is -2.62. The molecule has 1 amide bonds. The SMILES string of the molecule is CN1CCC[C@H]1C1=CC=CN(C(Cc2ccccc2)C2(C(N)=O)OCCO2)C1n1cc2c(n1)-c1ccccc1CC2. The maximum absolute atomic E-state index is 13.2. The van der Waals surface area contributed by atoms with Crippen molar-refractivity contribution in [1.29, 1.82) is 0 Å². The second-order valence-electron chi connectivity index (χ2n) is 11.5. The Kier molecular flexibility index (Phi) is 6.77. The lowest BCUT2D eigenvalue weighted by molar-refractivity contribution is -0.204. The van der Waals surface area contributed by atoms with Crippen molar-refractivity contribution in [3.05, 3.63) is 101 Å². The number of carbonyl (C=O) groups excluding carboxylic acids is 1. The van der Waals surface area contributed by atoms with E-state index in [0.29, 0.717) is 19.6 Å². The average molecular weight is 552 g/mol. The Hall–Kier alpha value is -3.72. The van der Waals surface area contributed by atoms with Crippen molar-refractivity contribution in [2.45, 2.75) is 56.1 Å². The highest BCUT2D eigenvalue weighted by Crippen LogP contribution is 2.42. The van der Waals surface area contributed by atoms with Crippen LogP contribution in [0.15, 0.2) is 84.7 Å². The van der Waals surface area contributed by atoms with E-state index in [-0.39, 0.29) is 12.2 Å². The first-order chi connectivity index (χ1) is 20.0. The Morgan fingerprint density at radius 3 is 2.59 bits per heavy atom. The molecule has 41 heavy (non-hydrogen) atoms. The molecule has 8 nitrogen and oxygen atoms in total. The highest BCUT2D eigenvalue weighted by molar-refractivity contribution is 5.83. The average Bonchev–Trinajstić information content (AvgIpc) is 3.76. The van der Waals surface area contributed by atoms with Gasteiger partial charge < -0.3 is 20.1 Å². The minimum absolute atomic E-state index is 0.258. The predicted octanol–water partition coefficient (Wildman–Crippen LogP) is 3.84. The standard InChI is InChI=1S/C33H37N5O3/c1-36-17-8-14-28(36)27-13-7-18-37(29(21-23-9-3-2-4-10-23)33(32(34)39)40-19-20-41-33)31(27)38-22-25-16-15-24-11-5-6-12-26(24)30(25)35-38/h2-7,9-13,18,22,28-29,31H,8,14-17,19-21H2,1H3,(H2,34,39)/t28-,29?,31?/m0/s1. The number of primary amides is 1. The molecule has 7 rings (SSSR count). The fraction of sp³-hybridized carbons (Fsp3) is 0.394. The lowest BCUT2D eigenvalue weighted by Gasteiger charge is -2.46. The summed E-state index contributed by atoms with van der Waals surface area (Å²) in [6, 6.07) is 18.5. The predicted molar refractivity (Wildman–Crippen MR) is 157 cm³/mol. The Labute approximate surface area is 241 Å². The third kappa shape index (κ3) is 4.51.